The summed E-state index contributed by atoms with van der Waals surface area (Å²) < 4.78 is 10.4. The molecule has 15 heavy (non-hydrogen) atoms. The van der Waals surface area contributed by atoms with Gasteiger partial charge in [0, 0.05) is 6.04 Å². The summed E-state index contributed by atoms with van der Waals surface area (Å²) in [5.74, 6) is 0.0362. The maximum Gasteiger partial charge on any atom is 0.313 e. The molecule has 2 N–H and O–H groups in total. The molecule has 3 atom stereocenters. The van der Waals surface area contributed by atoms with Crippen LogP contribution in [-0.2, 0) is 14.3 Å². The molecule has 1 aliphatic rings. The highest BCUT2D eigenvalue weighted by Crippen LogP contribution is 2.16. The molecule has 1 aliphatic heterocycles. The number of hydrogen-bond acceptors (Lipinski definition) is 4. The first-order valence-corrected chi connectivity index (χ1v) is 5.54. The van der Waals surface area contributed by atoms with E-state index in [9.17, 15) is 4.79 Å². The van der Waals surface area contributed by atoms with Gasteiger partial charge in [0.05, 0.1) is 25.2 Å². The maximum absolute atomic E-state index is 11.7. The number of ether oxygens (including phenoxy) is 2. The van der Waals surface area contributed by atoms with Crippen molar-refractivity contribution in [3.05, 3.63) is 0 Å². The first kappa shape index (κ1) is 12.5. The van der Waals surface area contributed by atoms with E-state index in [4.69, 9.17) is 15.2 Å². The van der Waals surface area contributed by atoms with Gasteiger partial charge in [0.1, 0.15) is 0 Å². The van der Waals surface area contributed by atoms with Crippen LogP contribution in [-0.4, -0.2) is 31.3 Å². The number of carbonyl (C=O) groups excluding carboxylic acids is 1. The van der Waals surface area contributed by atoms with E-state index >= 15 is 0 Å². The summed E-state index contributed by atoms with van der Waals surface area (Å²) >= 11 is 0. The van der Waals surface area contributed by atoms with Crippen molar-refractivity contribution in [3.8, 4) is 0 Å². The SMILES string of the molecule is CC(C)CC(C)OC(=O)C1COCC1N. The van der Waals surface area contributed by atoms with E-state index in [1.54, 1.807) is 0 Å². The van der Waals surface area contributed by atoms with Gasteiger partial charge in [-0.15, -0.1) is 0 Å². The Balaban J connectivity index is 2.34. The first-order valence-electron chi connectivity index (χ1n) is 5.54. The minimum Gasteiger partial charge on any atom is -0.462 e. The van der Waals surface area contributed by atoms with Crippen LogP contribution >= 0.6 is 0 Å². The number of hydrogen-bond donors (Lipinski definition) is 1. The zero-order valence-corrected chi connectivity index (χ0v) is 9.73. The normalized spacial score (nSPS) is 28.1. The molecular formula is C11H21NO3. The third-order valence-corrected chi connectivity index (χ3v) is 2.55. The molecule has 0 aliphatic carbocycles. The lowest BCUT2D eigenvalue weighted by atomic mass is 10.0. The summed E-state index contributed by atoms with van der Waals surface area (Å²) in [6, 6.07) is -0.205. The minimum atomic E-state index is -0.278. The summed E-state index contributed by atoms with van der Waals surface area (Å²) in [4.78, 5) is 11.7. The second-order valence-corrected chi connectivity index (χ2v) is 4.68. The van der Waals surface area contributed by atoms with Crippen LogP contribution in [0.1, 0.15) is 27.2 Å². The van der Waals surface area contributed by atoms with E-state index in [-0.39, 0.29) is 24.0 Å². The Kier molecular flexibility index (Phi) is 4.54. The lowest BCUT2D eigenvalue weighted by Crippen LogP contribution is -2.36. The Bertz CT molecular complexity index is 218. The third kappa shape index (κ3) is 3.80. The molecule has 4 nitrogen and oxygen atoms in total. The van der Waals surface area contributed by atoms with Gasteiger partial charge in [-0.3, -0.25) is 4.79 Å². The van der Waals surface area contributed by atoms with Crippen LogP contribution in [0.3, 0.4) is 0 Å². The Labute approximate surface area is 91.1 Å². The number of esters is 1. The van der Waals surface area contributed by atoms with Gasteiger partial charge in [-0.1, -0.05) is 13.8 Å². The maximum atomic E-state index is 11.7. The van der Waals surface area contributed by atoms with Crippen molar-refractivity contribution in [2.45, 2.75) is 39.3 Å². The number of nitrogens with two attached hydrogens (primary N) is 1. The molecule has 1 fully saturated rings. The van der Waals surface area contributed by atoms with Crippen LogP contribution in [0.5, 0.6) is 0 Å². The van der Waals surface area contributed by atoms with E-state index < -0.39 is 0 Å². The van der Waals surface area contributed by atoms with Crippen molar-refractivity contribution in [2.75, 3.05) is 13.2 Å². The average Bonchev–Trinajstić information content (AvgIpc) is 2.49. The smallest absolute Gasteiger partial charge is 0.313 e. The van der Waals surface area contributed by atoms with Gasteiger partial charge in [-0.2, -0.15) is 0 Å². The Hall–Kier alpha value is -0.610. The fourth-order valence-corrected chi connectivity index (χ4v) is 1.81. The topological polar surface area (TPSA) is 61.5 Å². The predicted molar refractivity (Wildman–Crippen MR) is 57.3 cm³/mol. The lowest BCUT2D eigenvalue weighted by molar-refractivity contribution is -0.154. The first-order chi connectivity index (χ1) is 7.00. The fraction of sp³-hybridized carbons (Fsp3) is 0.909. The molecule has 0 aromatic rings. The minimum absolute atomic E-state index is 0.0368. The zero-order chi connectivity index (χ0) is 11.4. The van der Waals surface area contributed by atoms with Crippen molar-refractivity contribution in [1.82, 2.24) is 0 Å². The Morgan fingerprint density at radius 2 is 2.13 bits per heavy atom. The molecule has 0 spiro atoms. The molecule has 1 saturated heterocycles. The van der Waals surface area contributed by atoms with E-state index in [1.165, 1.54) is 0 Å². The molecule has 0 aromatic carbocycles. The third-order valence-electron chi connectivity index (χ3n) is 2.55. The van der Waals surface area contributed by atoms with Gasteiger partial charge in [0.2, 0.25) is 0 Å². The highest BCUT2D eigenvalue weighted by Gasteiger charge is 2.33. The summed E-state index contributed by atoms with van der Waals surface area (Å²) in [5.41, 5.74) is 5.73. The molecule has 0 bridgehead atoms. The molecule has 1 rings (SSSR count). The van der Waals surface area contributed by atoms with Crippen LogP contribution in [0, 0.1) is 11.8 Å². The van der Waals surface area contributed by atoms with E-state index in [0.29, 0.717) is 19.1 Å². The van der Waals surface area contributed by atoms with E-state index in [2.05, 4.69) is 13.8 Å². The average molecular weight is 215 g/mol. The highest BCUT2D eigenvalue weighted by molar-refractivity contribution is 5.74. The number of carbonyl (C=O) groups is 1. The molecule has 88 valence electrons. The van der Waals surface area contributed by atoms with Crippen molar-refractivity contribution < 1.29 is 14.3 Å². The Morgan fingerprint density at radius 1 is 1.47 bits per heavy atom. The zero-order valence-electron chi connectivity index (χ0n) is 9.73. The van der Waals surface area contributed by atoms with Gasteiger partial charge >= 0.3 is 5.97 Å². The largest absolute Gasteiger partial charge is 0.462 e. The van der Waals surface area contributed by atoms with Gasteiger partial charge in [-0.05, 0) is 19.3 Å². The summed E-state index contributed by atoms with van der Waals surface area (Å²) in [7, 11) is 0. The second kappa shape index (κ2) is 5.47. The van der Waals surface area contributed by atoms with Crippen molar-refractivity contribution in [2.24, 2.45) is 17.6 Å². The molecular weight excluding hydrogens is 194 g/mol. The monoisotopic (exact) mass is 215 g/mol. The highest BCUT2D eigenvalue weighted by atomic mass is 16.5. The molecule has 3 unspecified atom stereocenters. The molecule has 0 aromatic heterocycles. The van der Waals surface area contributed by atoms with Crippen molar-refractivity contribution >= 4 is 5.97 Å². The van der Waals surface area contributed by atoms with Crippen LogP contribution in [0.15, 0.2) is 0 Å². The van der Waals surface area contributed by atoms with Gasteiger partial charge in [0.25, 0.3) is 0 Å². The molecule has 1 heterocycles. The van der Waals surface area contributed by atoms with Crippen LogP contribution in [0.25, 0.3) is 0 Å². The standard InChI is InChI=1S/C11H21NO3/c1-7(2)4-8(3)15-11(13)9-5-14-6-10(9)12/h7-10H,4-6,12H2,1-3H3. The molecule has 4 heteroatoms. The lowest BCUT2D eigenvalue weighted by Gasteiger charge is -2.18. The van der Waals surface area contributed by atoms with Gasteiger partial charge < -0.3 is 15.2 Å². The van der Waals surface area contributed by atoms with Crippen LogP contribution < -0.4 is 5.73 Å². The van der Waals surface area contributed by atoms with E-state index in [1.807, 2.05) is 6.92 Å². The summed E-state index contributed by atoms with van der Waals surface area (Å²) in [6.07, 6.45) is 0.847. The van der Waals surface area contributed by atoms with E-state index in [0.717, 1.165) is 6.42 Å². The summed E-state index contributed by atoms with van der Waals surface area (Å²) in [5, 5.41) is 0. The van der Waals surface area contributed by atoms with Gasteiger partial charge in [0.15, 0.2) is 0 Å². The van der Waals surface area contributed by atoms with Crippen LogP contribution in [0.4, 0.5) is 0 Å². The number of rotatable bonds is 4. The molecule has 0 radical (unpaired) electrons. The van der Waals surface area contributed by atoms with Crippen LogP contribution in [0.2, 0.25) is 0 Å². The summed E-state index contributed by atoms with van der Waals surface area (Å²) in [6.45, 7) is 6.98. The quantitative estimate of drug-likeness (QED) is 0.709. The van der Waals surface area contributed by atoms with Crippen molar-refractivity contribution in [1.29, 1.82) is 0 Å². The van der Waals surface area contributed by atoms with Crippen molar-refractivity contribution in [3.63, 3.8) is 0 Å². The predicted octanol–water partition coefficient (Wildman–Crippen LogP) is 0.938. The Morgan fingerprint density at radius 3 is 2.60 bits per heavy atom. The second-order valence-electron chi connectivity index (χ2n) is 4.68. The van der Waals surface area contributed by atoms with Gasteiger partial charge in [-0.25, -0.2) is 0 Å². The molecule has 0 amide bonds. The molecule has 0 saturated carbocycles. The fourth-order valence-electron chi connectivity index (χ4n) is 1.81.